The quantitative estimate of drug-likeness (QED) is 0.160. The van der Waals surface area contributed by atoms with E-state index in [0.29, 0.717) is 17.5 Å². The molecule has 5 heteroatoms. The summed E-state index contributed by atoms with van der Waals surface area (Å²) in [5.74, 6) is 1.87. The summed E-state index contributed by atoms with van der Waals surface area (Å²) in [6, 6.07) is 81.0. The van der Waals surface area contributed by atoms with Gasteiger partial charge in [0.25, 0.3) is 0 Å². The number of hydrogen-bond donors (Lipinski definition) is 0. The fourth-order valence-electron chi connectivity index (χ4n) is 9.71. The SMILES string of the molecule is c1ccc(-c2ccc(-c3nc(-c4ccccc4)nc(-c4ccc(-n5c6ccccc6c6cccc(-c7ccc8oc9c(-c%10cccc%11ccccc%10%11)cccc9c8c7)c65)cc4)n3)cc2)cc1. The highest BCUT2D eigenvalue weighted by Gasteiger charge is 2.20. The molecule has 0 aliphatic rings. The van der Waals surface area contributed by atoms with Gasteiger partial charge >= 0.3 is 0 Å². The summed E-state index contributed by atoms with van der Waals surface area (Å²) >= 11 is 0. The normalized spacial score (nSPS) is 11.6. The zero-order valence-electron chi connectivity index (χ0n) is 35.6. The highest BCUT2D eigenvalue weighted by molar-refractivity contribution is 6.16. The molecule has 0 unspecified atom stereocenters. The van der Waals surface area contributed by atoms with Crippen LogP contribution in [0.5, 0.6) is 0 Å². The van der Waals surface area contributed by atoms with Crippen molar-refractivity contribution in [2.24, 2.45) is 0 Å². The van der Waals surface area contributed by atoms with Crippen molar-refractivity contribution >= 4 is 54.5 Å². The van der Waals surface area contributed by atoms with E-state index in [1.165, 1.54) is 32.7 Å². The summed E-state index contributed by atoms with van der Waals surface area (Å²) < 4.78 is 9.11. The third-order valence-corrected chi connectivity index (χ3v) is 12.9. The van der Waals surface area contributed by atoms with Gasteiger partial charge in [-0.15, -0.1) is 0 Å². The Morgan fingerprint density at radius 2 is 0.818 bits per heavy atom. The molecular weight excluding hydrogens is 805 g/mol. The molecule has 308 valence electrons. The summed E-state index contributed by atoms with van der Waals surface area (Å²) in [4.78, 5) is 15.1. The van der Waals surface area contributed by atoms with Gasteiger partial charge < -0.3 is 8.98 Å². The van der Waals surface area contributed by atoms with Crippen LogP contribution in [0.15, 0.2) is 235 Å². The van der Waals surface area contributed by atoms with Gasteiger partial charge in [0.15, 0.2) is 17.5 Å². The predicted octanol–water partition coefficient (Wildman–Crippen LogP) is 16.0. The summed E-state index contributed by atoms with van der Waals surface area (Å²) in [6.45, 7) is 0. The Labute approximate surface area is 380 Å². The van der Waals surface area contributed by atoms with Crippen LogP contribution in [0.3, 0.4) is 0 Å². The van der Waals surface area contributed by atoms with E-state index >= 15 is 0 Å². The Balaban J connectivity index is 0.925. The highest BCUT2D eigenvalue weighted by Crippen LogP contribution is 2.43. The Hall–Kier alpha value is -8.93. The fraction of sp³-hybridized carbons (Fsp3) is 0. The number of para-hydroxylation sites is 3. The van der Waals surface area contributed by atoms with Crippen LogP contribution in [-0.4, -0.2) is 19.5 Å². The van der Waals surface area contributed by atoms with Crippen molar-refractivity contribution in [2.45, 2.75) is 0 Å². The van der Waals surface area contributed by atoms with Gasteiger partial charge in [-0.05, 0) is 75.5 Å². The molecule has 0 saturated carbocycles. The van der Waals surface area contributed by atoms with E-state index in [0.717, 1.165) is 77.6 Å². The molecule has 10 aromatic carbocycles. The van der Waals surface area contributed by atoms with Crippen LogP contribution in [0.2, 0.25) is 0 Å². The zero-order valence-corrected chi connectivity index (χ0v) is 35.6. The summed E-state index contributed by atoms with van der Waals surface area (Å²) in [6.07, 6.45) is 0. The minimum Gasteiger partial charge on any atom is -0.455 e. The van der Waals surface area contributed by atoms with Gasteiger partial charge in [0, 0.05) is 55.0 Å². The number of benzene rings is 10. The second-order valence-corrected chi connectivity index (χ2v) is 16.7. The van der Waals surface area contributed by atoms with Gasteiger partial charge in [-0.3, -0.25) is 0 Å². The number of furan rings is 1. The topological polar surface area (TPSA) is 56.7 Å². The molecule has 0 fully saturated rings. The van der Waals surface area contributed by atoms with E-state index in [9.17, 15) is 0 Å². The van der Waals surface area contributed by atoms with Crippen LogP contribution in [-0.2, 0) is 0 Å². The van der Waals surface area contributed by atoms with Crippen LogP contribution in [0.4, 0.5) is 0 Å². The van der Waals surface area contributed by atoms with Gasteiger partial charge in [-0.2, -0.15) is 0 Å². The lowest BCUT2D eigenvalue weighted by Crippen LogP contribution is -2.00. The number of fused-ring (bicyclic) bond motifs is 7. The lowest BCUT2D eigenvalue weighted by molar-refractivity contribution is 0.670. The van der Waals surface area contributed by atoms with E-state index in [4.69, 9.17) is 19.4 Å². The molecule has 0 saturated heterocycles. The molecule has 0 radical (unpaired) electrons. The second-order valence-electron chi connectivity index (χ2n) is 16.7. The van der Waals surface area contributed by atoms with Crippen LogP contribution in [0, 0.1) is 0 Å². The first kappa shape index (κ1) is 37.6. The van der Waals surface area contributed by atoms with Crippen molar-refractivity contribution in [1.29, 1.82) is 0 Å². The first-order chi connectivity index (χ1) is 32.7. The maximum atomic E-state index is 6.72. The van der Waals surface area contributed by atoms with Crippen molar-refractivity contribution < 1.29 is 4.42 Å². The molecule has 0 N–H and O–H groups in total. The van der Waals surface area contributed by atoms with Gasteiger partial charge in [0.05, 0.1) is 11.0 Å². The van der Waals surface area contributed by atoms with Crippen LogP contribution in [0.25, 0.3) is 128 Å². The Morgan fingerprint density at radius 3 is 1.56 bits per heavy atom. The first-order valence-corrected chi connectivity index (χ1v) is 22.3. The van der Waals surface area contributed by atoms with Gasteiger partial charge in [0.2, 0.25) is 0 Å². The van der Waals surface area contributed by atoms with E-state index in [1.54, 1.807) is 0 Å². The summed E-state index contributed by atoms with van der Waals surface area (Å²) in [7, 11) is 0. The largest absolute Gasteiger partial charge is 0.455 e. The lowest BCUT2D eigenvalue weighted by atomic mass is 9.96. The Kier molecular flexibility index (Phi) is 8.78. The Bertz CT molecular complexity index is 3960. The molecule has 0 aliphatic heterocycles. The van der Waals surface area contributed by atoms with E-state index in [1.807, 2.05) is 36.4 Å². The van der Waals surface area contributed by atoms with Crippen LogP contribution >= 0.6 is 0 Å². The number of nitrogens with zero attached hydrogens (tertiary/aromatic N) is 4. The lowest BCUT2D eigenvalue weighted by Gasteiger charge is -2.13. The molecule has 0 spiro atoms. The molecule has 0 amide bonds. The minimum atomic E-state index is 0.615. The monoisotopic (exact) mass is 842 g/mol. The highest BCUT2D eigenvalue weighted by atomic mass is 16.3. The standard InChI is InChI=1S/C61H38N4O/c1-3-14-39(15-4-1)40-28-30-43(31-29-40)60-62-59(42-17-5-2-6-18-42)63-61(64-60)44-32-35-46(36-33-44)65-55-27-10-9-21-50(55)51-24-12-22-48(57(51)65)45-34-37-56-54(38-45)53-26-13-25-52(58(53)66-56)49-23-11-19-41-16-7-8-20-47(41)49/h1-38H. The number of aromatic nitrogens is 4. The molecule has 13 aromatic rings. The summed E-state index contributed by atoms with van der Waals surface area (Å²) in [5.41, 5.74) is 14.7. The fourth-order valence-corrected chi connectivity index (χ4v) is 9.71. The van der Waals surface area contributed by atoms with E-state index < -0.39 is 0 Å². The average molecular weight is 843 g/mol. The molecule has 0 bridgehead atoms. The molecule has 3 aromatic heterocycles. The van der Waals surface area contributed by atoms with Crippen LogP contribution in [0.1, 0.15) is 0 Å². The second kappa shape index (κ2) is 15.4. The van der Waals surface area contributed by atoms with E-state index in [2.05, 4.69) is 199 Å². The molecule has 13 rings (SSSR count). The molecule has 5 nitrogen and oxygen atoms in total. The molecule has 0 aliphatic carbocycles. The van der Waals surface area contributed by atoms with Crippen molar-refractivity contribution in [3.05, 3.63) is 231 Å². The molecule has 0 atom stereocenters. The summed E-state index contributed by atoms with van der Waals surface area (Å²) in [5, 5.41) is 6.99. The molecule has 3 heterocycles. The first-order valence-electron chi connectivity index (χ1n) is 22.3. The van der Waals surface area contributed by atoms with Gasteiger partial charge in [-0.1, -0.05) is 188 Å². The zero-order chi connectivity index (χ0) is 43.6. The molecular formula is C61H38N4O. The number of hydrogen-bond acceptors (Lipinski definition) is 4. The maximum absolute atomic E-state index is 6.72. The third-order valence-electron chi connectivity index (χ3n) is 12.9. The third kappa shape index (κ3) is 6.28. The average Bonchev–Trinajstić information content (AvgIpc) is 3.95. The van der Waals surface area contributed by atoms with Gasteiger partial charge in [-0.25, -0.2) is 15.0 Å². The molecule has 66 heavy (non-hydrogen) atoms. The minimum absolute atomic E-state index is 0.615. The van der Waals surface area contributed by atoms with Gasteiger partial charge in [0.1, 0.15) is 11.2 Å². The number of rotatable bonds is 7. The van der Waals surface area contributed by atoms with Crippen molar-refractivity contribution in [1.82, 2.24) is 19.5 Å². The van der Waals surface area contributed by atoms with Crippen molar-refractivity contribution in [3.63, 3.8) is 0 Å². The smallest absolute Gasteiger partial charge is 0.164 e. The maximum Gasteiger partial charge on any atom is 0.164 e. The Morgan fingerprint density at radius 1 is 0.318 bits per heavy atom. The van der Waals surface area contributed by atoms with Crippen molar-refractivity contribution in [3.8, 4) is 73.2 Å². The van der Waals surface area contributed by atoms with E-state index in [-0.39, 0.29) is 0 Å². The van der Waals surface area contributed by atoms with Crippen LogP contribution < -0.4 is 0 Å². The van der Waals surface area contributed by atoms with Crippen molar-refractivity contribution in [2.75, 3.05) is 0 Å². The predicted molar refractivity (Wildman–Crippen MR) is 272 cm³/mol.